The molecule has 5 nitrogen and oxygen atoms in total. The second-order valence-electron chi connectivity index (χ2n) is 6.04. The molecule has 1 amide bonds. The van der Waals surface area contributed by atoms with Crippen LogP contribution in [0.25, 0.3) is 0 Å². The number of benzene rings is 1. The van der Waals surface area contributed by atoms with Crippen LogP contribution >= 0.6 is 0 Å². The minimum Gasteiger partial charge on any atom is -0.350 e. The number of amides is 1. The summed E-state index contributed by atoms with van der Waals surface area (Å²) in [5, 5.41) is 7.09. The zero-order chi connectivity index (χ0) is 17.0. The molecular weight excluding hydrogens is 295 g/mol. The summed E-state index contributed by atoms with van der Waals surface area (Å²) in [5.41, 5.74) is 1.49. The van der Waals surface area contributed by atoms with Crippen LogP contribution in [0.4, 0.5) is 4.39 Å². The van der Waals surface area contributed by atoms with E-state index in [2.05, 4.69) is 10.4 Å². The third-order valence-electron chi connectivity index (χ3n) is 3.73. The van der Waals surface area contributed by atoms with Crippen LogP contribution in [0.1, 0.15) is 41.9 Å². The van der Waals surface area contributed by atoms with Crippen molar-refractivity contribution in [1.29, 1.82) is 0 Å². The summed E-state index contributed by atoms with van der Waals surface area (Å²) in [6, 6.07) is 6.52. The first-order valence-electron chi connectivity index (χ1n) is 7.62. The Labute approximate surface area is 136 Å². The molecular formula is C17H23FN4O. The number of hydrogen-bond donors (Lipinski definition) is 1. The van der Waals surface area contributed by atoms with Gasteiger partial charge in [-0.15, -0.1) is 0 Å². The van der Waals surface area contributed by atoms with Crippen molar-refractivity contribution in [3.8, 4) is 0 Å². The topological polar surface area (TPSA) is 50.2 Å². The molecule has 6 heteroatoms. The number of aromatic nitrogens is 2. The quantitative estimate of drug-likeness (QED) is 0.891. The number of likely N-dealkylation sites (N-methyl/N-ethyl adjacent to an activating group) is 1. The van der Waals surface area contributed by atoms with Crippen LogP contribution in [0, 0.1) is 5.82 Å². The van der Waals surface area contributed by atoms with Gasteiger partial charge in [-0.3, -0.25) is 9.48 Å². The minimum atomic E-state index is -0.267. The number of halogens is 1. The predicted molar refractivity (Wildman–Crippen MR) is 87.8 cm³/mol. The zero-order valence-electron chi connectivity index (χ0n) is 14.0. The fourth-order valence-electron chi connectivity index (χ4n) is 2.31. The first kappa shape index (κ1) is 17.1. The van der Waals surface area contributed by atoms with Crippen molar-refractivity contribution in [2.75, 3.05) is 20.6 Å². The van der Waals surface area contributed by atoms with E-state index in [1.54, 1.807) is 29.2 Å². The van der Waals surface area contributed by atoms with Crippen LogP contribution in [0.2, 0.25) is 0 Å². The Morgan fingerprint density at radius 1 is 1.30 bits per heavy atom. The van der Waals surface area contributed by atoms with Crippen molar-refractivity contribution >= 4 is 5.91 Å². The fourth-order valence-corrected chi connectivity index (χ4v) is 2.31. The summed E-state index contributed by atoms with van der Waals surface area (Å²) in [4.78, 5) is 14.2. The van der Waals surface area contributed by atoms with E-state index >= 15 is 0 Å². The monoisotopic (exact) mass is 318 g/mol. The van der Waals surface area contributed by atoms with Crippen LogP contribution in [0.5, 0.6) is 0 Å². The Balaban J connectivity index is 2.03. The Morgan fingerprint density at radius 2 is 1.96 bits per heavy atom. The van der Waals surface area contributed by atoms with Gasteiger partial charge in [-0.1, -0.05) is 12.1 Å². The van der Waals surface area contributed by atoms with E-state index < -0.39 is 0 Å². The molecule has 2 aromatic rings. The van der Waals surface area contributed by atoms with Gasteiger partial charge < -0.3 is 10.2 Å². The molecule has 1 atom stereocenters. The Morgan fingerprint density at radius 3 is 2.48 bits per heavy atom. The lowest BCUT2D eigenvalue weighted by atomic mass is 10.1. The lowest BCUT2D eigenvalue weighted by Gasteiger charge is -2.25. The molecule has 0 fully saturated rings. The summed E-state index contributed by atoms with van der Waals surface area (Å²) >= 11 is 0. The molecule has 23 heavy (non-hydrogen) atoms. The third-order valence-corrected chi connectivity index (χ3v) is 3.73. The molecule has 0 aliphatic heterocycles. The van der Waals surface area contributed by atoms with Gasteiger partial charge in [0, 0.05) is 18.8 Å². The molecule has 0 radical (unpaired) electrons. The first-order chi connectivity index (χ1) is 10.9. The number of carbonyl (C=O) groups excluding carboxylic acids is 1. The largest absolute Gasteiger partial charge is 0.350 e. The molecule has 0 spiro atoms. The summed E-state index contributed by atoms with van der Waals surface area (Å²) in [6.45, 7) is 4.45. The molecule has 2 rings (SSSR count). The van der Waals surface area contributed by atoms with Crippen LogP contribution in [0.15, 0.2) is 36.7 Å². The van der Waals surface area contributed by atoms with E-state index in [4.69, 9.17) is 0 Å². The van der Waals surface area contributed by atoms with E-state index in [9.17, 15) is 9.18 Å². The smallest absolute Gasteiger partial charge is 0.254 e. The van der Waals surface area contributed by atoms with Crippen LogP contribution in [0.3, 0.4) is 0 Å². The Kier molecular flexibility index (Phi) is 5.50. The van der Waals surface area contributed by atoms with Crippen LogP contribution < -0.4 is 5.32 Å². The van der Waals surface area contributed by atoms with Crippen molar-refractivity contribution in [1.82, 2.24) is 20.0 Å². The number of hydrogen-bond acceptors (Lipinski definition) is 3. The summed E-state index contributed by atoms with van der Waals surface area (Å²) in [7, 11) is 3.86. The zero-order valence-corrected chi connectivity index (χ0v) is 14.0. The number of nitrogens with one attached hydrogen (secondary N) is 1. The molecule has 0 aliphatic rings. The van der Waals surface area contributed by atoms with Gasteiger partial charge >= 0.3 is 0 Å². The van der Waals surface area contributed by atoms with Gasteiger partial charge in [-0.2, -0.15) is 5.10 Å². The summed E-state index contributed by atoms with van der Waals surface area (Å²) < 4.78 is 14.8. The van der Waals surface area contributed by atoms with Crippen LogP contribution in [-0.2, 0) is 0 Å². The second-order valence-corrected chi connectivity index (χ2v) is 6.04. The van der Waals surface area contributed by atoms with Gasteiger partial charge in [-0.25, -0.2) is 4.39 Å². The van der Waals surface area contributed by atoms with E-state index in [0.29, 0.717) is 12.1 Å². The highest BCUT2D eigenvalue weighted by molar-refractivity contribution is 5.93. The lowest BCUT2D eigenvalue weighted by Crippen LogP contribution is -2.34. The summed E-state index contributed by atoms with van der Waals surface area (Å²) in [6.07, 6.45) is 3.31. The van der Waals surface area contributed by atoms with Gasteiger partial charge in [-0.05, 0) is 45.6 Å². The van der Waals surface area contributed by atoms with Crippen molar-refractivity contribution in [2.24, 2.45) is 0 Å². The highest BCUT2D eigenvalue weighted by Gasteiger charge is 2.17. The molecule has 1 aromatic carbocycles. The SMILES string of the molecule is CC(C)n1cc(C(=O)NCC(c2ccc(F)cc2)N(C)C)cn1. The second kappa shape index (κ2) is 7.37. The van der Waals surface area contributed by atoms with Crippen molar-refractivity contribution < 1.29 is 9.18 Å². The maximum atomic E-state index is 13.1. The first-order valence-corrected chi connectivity index (χ1v) is 7.62. The number of carbonyl (C=O) groups is 1. The normalized spacial score (nSPS) is 12.7. The predicted octanol–water partition coefficient (Wildman–Crippen LogP) is 2.64. The number of nitrogens with zero attached hydrogens (tertiary/aromatic N) is 3. The summed E-state index contributed by atoms with van der Waals surface area (Å²) in [5.74, 6) is -0.428. The van der Waals surface area contributed by atoms with E-state index in [-0.39, 0.29) is 23.8 Å². The fraction of sp³-hybridized carbons (Fsp3) is 0.412. The highest BCUT2D eigenvalue weighted by Crippen LogP contribution is 2.18. The lowest BCUT2D eigenvalue weighted by molar-refractivity contribution is 0.0942. The van der Waals surface area contributed by atoms with Gasteiger partial charge in [0.1, 0.15) is 5.82 Å². The van der Waals surface area contributed by atoms with Gasteiger partial charge in [0.25, 0.3) is 5.91 Å². The highest BCUT2D eigenvalue weighted by atomic mass is 19.1. The standard InChI is InChI=1S/C17H23FN4O/c1-12(2)22-11-14(9-20-22)17(23)19-10-16(21(3)4)13-5-7-15(18)8-6-13/h5-9,11-12,16H,10H2,1-4H3,(H,19,23). The van der Waals surface area contributed by atoms with Gasteiger partial charge in [0.2, 0.25) is 0 Å². The van der Waals surface area contributed by atoms with Gasteiger partial charge in [0.05, 0.1) is 17.8 Å². The van der Waals surface area contributed by atoms with Crippen molar-refractivity contribution in [3.63, 3.8) is 0 Å². The average molecular weight is 318 g/mol. The van der Waals surface area contributed by atoms with E-state index in [1.807, 2.05) is 32.8 Å². The molecule has 1 aromatic heterocycles. The van der Waals surface area contributed by atoms with Crippen LogP contribution in [-0.4, -0.2) is 41.2 Å². The molecule has 0 bridgehead atoms. The molecule has 1 unspecified atom stereocenters. The van der Waals surface area contributed by atoms with Gasteiger partial charge in [0.15, 0.2) is 0 Å². The molecule has 0 saturated carbocycles. The molecule has 124 valence electrons. The van der Waals surface area contributed by atoms with Crippen molar-refractivity contribution in [3.05, 3.63) is 53.6 Å². The minimum absolute atomic E-state index is 0.0281. The molecule has 1 heterocycles. The average Bonchev–Trinajstić information content (AvgIpc) is 2.99. The third kappa shape index (κ3) is 4.39. The Hall–Kier alpha value is -2.21. The molecule has 0 saturated heterocycles. The van der Waals surface area contributed by atoms with E-state index in [0.717, 1.165) is 5.56 Å². The maximum Gasteiger partial charge on any atom is 0.254 e. The van der Waals surface area contributed by atoms with Crippen molar-refractivity contribution in [2.45, 2.75) is 25.9 Å². The Bertz CT molecular complexity index is 649. The molecule has 0 aliphatic carbocycles. The van der Waals surface area contributed by atoms with E-state index in [1.165, 1.54) is 12.1 Å². The molecule has 1 N–H and O–H groups in total. The number of rotatable bonds is 6. The maximum absolute atomic E-state index is 13.1.